The summed E-state index contributed by atoms with van der Waals surface area (Å²) in [5.74, 6) is 3.61. The van der Waals surface area contributed by atoms with Gasteiger partial charge in [-0.15, -0.1) is 0 Å². The summed E-state index contributed by atoms with van der Waals surface area (Å²) in [5.41, 5.74) is 7.49. The Kier molecular flexibility index (Phi) is 7.36. The molecule has 0 saturated carbocycles. The highest BCUT2D eigenvalue weighted by atomic mass is 19.1. The number of benzene rings is 1. The molecule has 1 unspecified atom stereocenters. The van der Waals surface area contributed by atoms with E-state index in [9.17, 15) is 18.4 Å². The van der Waals surface area contributed by atoms with Crippen molar-refractivity contribution in [1.82, 2.24) is 14.9 Å². The second kappa shape index (κ2) is 10.4. The van der Waals surface area contributed by atoms with Crippen LogP contribution in [0.3, 0.4) is 0 Å². The lowest BCUT2D eigenvalue weighted by Crippen LogP contribution is -2.13. The predicted octanol–water partition coefficient (Wildman–Crippen LogP) is 4.01. The number of hydrogen-bond donors (Lipinski definition) is 2. The summed E-state index contributed by atoms with van der Waals surface area (Å²) < 4.78 is 28.5. The third-order valence-electron chi connectivity index (χ3n) is 5.10. The number of pyridine rings is 1. The average Bonchev–Trinajstić information content (AvgIpc) is 3.27. The Balaban J connectivity index is 2.02. The number of primary amides is 1. The molecule has 0 aliphatic heterocycles. The van der Waals surface area contributed by atoms with E-state index in [0.29, 0.717) is 28.6 Å². The molecule has 0 spiro atoms. The third kappa shape index (κ3) is 5.52. The van der Waals surface area contributed by atoms with Crippen molar-refractivity contribution in [3.8, 4) is 11.8 Å². The standard InChI is InChI=1S/C25H22F2N4O2/c1-16(5-4-12-31(2)15-32)18(21-13-17(26)8-9-23(21)27)6-3-7-19-20-10-11-29-25(20)30-14-22(19)24(28)33/h4-5,8-15,18H,6H2,1-2H3,(H2,28,33)(H,29,30)/b12-4-,16-5+. The number of carbonyl (C=O) groups excluding carboxylic acids is 2. The van der Waals surface area contributed by atoms with Crippen LogP contribution < -0.4 is 5.73 Å². The summed E-state index contributed by atoms with van der Waals surface area (Å²) in [6.07, 6.45) is 8.71. The van der Waals surface area contributed by atoms with Gasteiger partial charge in [-0.1, -0.05) is 23.5 Å². The van der Waals surface area contributed by atoms with Crippen LogP contribution in [0.4, 0.5) is 8.78 Å². The van der Waals surface area contributed by atoms with E-state index in [4.69, 9.17) is 5.73 Å². The first kappa shape index (κ1) is 23.4. The summed E-state index contributed by atoms with van der Waals surface area (Å²) in [7, 11) is 1.58. The Labute approximate surface area is 189 Å². The highest BCUT2D eigenvalue weighted by molar-refractivity contribution is 6.00. The number of amides is 2. The highest BCUT2D eigenvalue weighted by Gasteiger charge is 2.18. The van der Waals surface area contributed by atoms with E-state index in [-0.39, 0.29) is 17.5 Å². The molecule has 0 fully saturated rings. The van der Waals surface area contributed by atoms with Crippen molar-refractivity contribution in [3.05, 3.63) is 88.9 Å². The van der Waals surface area contributed by atoms with Crippen molar-refractivity contribution in [2.45, 2.75) is 19.3 Å². The molecule has 0 aliphatic carbocycles. The molecule has 3 N–H and O–H groups in total. The number of H-pyrrole nitrogens is 1. The summed E-state index contributed by atoms with van der Waals surface area (Å²) in [6, 6.07) is 5.01. The van der Waals surface area contributed by atoms with Crippen LogP contribution in [0, 0.1) is 23.5 Å². The molecule has 2 heterocycles. The van der Waals surface area contributed by atoms with Gasteiger partial charge in [0.25, 0.3) is 5.91 Å². The zero-order chi connectivity index (χ0) is 24.0. The number of carbonyl (C=O) groups is 2. The molecule has 0 radical (unpaired) electrons. The van der Waals surface area contributed by atoms with Gasteiger partial charge in [0, 0.05) is 48.9 Å². The van der Waals surface area contributed by atoms with Gasteiger partial charge in [0.15, 0.2) is 0 Å². The SMILES string of the molecule is C/C(=C\C=C/N(C)C=O)C(CC#Cc1c(C(N)=O)cnc2[nH]ccc12)c1cc(F)ccc1F. The number of rotatable bonds is 7. The molecule has 2 aromatic heterocycles. The van der Waals surface area contributed by atoms with Crippen LogP contribution in [0.5, 0.6) is 0 Å². The molecule has 0 bridgehead atoms. The third-order valence-corrected chi connectivity index (χ3v) is 5.10. The van der Waals surface area contributed by atoms with Gasteiger partial charge in [-0.2, -0.15) is 0 Å². The molecule has 0 aliphatic rings. The van der Waals surface area contributed by atoms with Crippen molar-refractivity contribution in [2.24, 2.45) is 5.73 Å². The molecule has 33 heavy (non-hydrogen) atoms. The molecule has 168 valence electrons. The summed E-state index contributed by atoms with van der Waals surface area (Å²) in [4.78, 5) is 31.0. The molecule has 1 aromatic carbocycles. The fraction of sp³-hybridized carbons (Fsp3) is 0.160. The van der Waals surface area contributed by atoms with Crippen LogP contribution in [0.15, 0.2) is 60.6 Å². The van der Waals surface area contributed by atoms with Crippen LogP contribution in [-0.4, -0.2) is 34.2 Å². The van der Waals surface area contributed by atoms with E-state index in [1.807, 2.05) is 0 Å². The van der Waals surface area contributed by atoms with Crippen LogP contribution in [0.2, 0.25) is 0 Å². The fourth-order valence-electron chi connectivity index (χ4n) is 3.35. The summed E-state index contributed by atoms with van der Waals surface area (Å²) in [5, 5.41) is 0.638. The Morgan fingerprint density at radius 2 is 2.12 bits per heavy atom. The Morgan fingerprint density at radius 3 is 2.85 bits per heavy atom. The fourth-order valence-corrected chi connectivity index (χ4v) is 3.35. The molecule has 1 atom stereocenters. The monoisotopic (exact) mass is 448 g/mol. The van der Waals surface area contributed by atoms with E-state index in [1.54, 1.807) is 44.6 Å². The number of allylic oxidation sites excluding steroid dienone is 3. The zero-order valence-corrected chi connectivity index (χ0v) is 18.1. The van der Waals surface area contributed by atoms with Gasteiger partial charge >= 0.3 is 0 Å². The number of halogens is 2. The number of nitrogens with zero attached hydrogens (tertiary/aromatic N) is 2. The Morgan fingerprint density at radius 1 is 1.33 bits per heavy atom. The lowest BCUT2D eigenvalue weighted by atomic mass is 9.88. The minimum Gasteiger partial charge on any atom is -0.366 e. The smallest absolute Gasteiger partial charge is 0.251 e. The largest absolute Gasteiger partial charge is 0.366 e. The number of hydrogen-bond acceptors (Lipinski definition) is 3. The first-order chi connectivity index (χ1) is 15.8. The van der Waals surface area contributed by atoms with Crippen molar-refractivity contribution in [1.29, 1.82) is 0 Å². The Bertz CT molecular complexity index is 1310. The van der Waals surface area contributed by atoms with E-state index in [2.05, 4.69) is 21.8 Å². The van der Waals surface area contributed by atoms with Crippen LogP contribution in [0.25, 0.3) is 11.0 Å². The van der Waals surface area contributed by atoms with Crippen molar-refractivity contribution in [3.63, 3.8) is 0 Å². The maximum absolute atomic E-state index is 14.6. The highest BCUT2D eigenvalue weighted by Crippen LogP contribution is 2.30. The average molecular weight is 448 g/mol. The Hall–Kier alpha value is -4.25. The minimum absolute atomic E-state index is 0.145. The normalized spacial score (nSPS) is 12.4. The summed E-state index contributed by atoms with van der Waals surface area (Å²) in [6.45, 7) is 1.77. The van der Waals surface area contributed by atoms with Crippen LogP contribution in [0.1, 0.15) is 40.7 Å². The molecule has 6 nitrogen and oxygen atoms in total. The topological polar surface area (TPSA) is 92.1 Å². The quantitative estimate of drug-likeness (QED) is 0.325. The van der Waals surface area contributed by atoms with Crippen LogP contribution >= 0.6 is 0 Å². The minimum atomic E-state index is -0.664. The zero-order valence-electron chi connectivity index (χ0n) is 18.1. The van der Waals surface area contributed by atoms with Gasteiger partial charge in [-0.25, -0.2) is 13.8 Å². The first-order valence-corrected chi connectivity index (χ1v) is 10.0. The number of nitrogens with two attached hydrogens (primary N) is 1. The summed E-state index contributed by atoms with van der Waals surface area (Å²) >= 11 is 0. The molecular formula is C25H22F2N4O2. The number of aromatic amines is 1. The second-order valence-electron chi connectivity index (χ2n) is 7.40. The first-order valence-electron chi connectivity index (χ1n) is 10.0. The lowest BCUT2D eigenvalue weighted by Gasteiger charge is -2.17. The van der Waals surface area contributed by atoms with Crippen molar-refractivity contribution in [2.75, 3.05) is 7.05 Å². The van der Waals surface area contributed by atoms with E-state index in [0.717, 1.165) is 18.2 Å². The maximum Gasteiger partial charge on any atom is 0.251 e. The molecular weight excluding hydrogens is 426 g/mol. The van der Waals surface area contributed by atoms with Crippen LogP contribution in [-0.2, 0) is 4.79 Å². The number of nitrogens with one attached hydrogen (secondary N) is 1. The lowest BCUT2D eigenvalue weighted by molar-refractivity contribution is -0.114. The molecule has 3 rings (SSSR count). The number of fused-ring (bicyclic) bond motifs is 1. The van der Waals surface area contributed by atoms with E-state index < -0.39 is 23.5 Å². The number of aromatic nitrogens is 2. The van der Waals surface area contributed by atoms with E-state index in [1.165, 1.54) is 11.1 Å². The molecule has 3 aromatic rings. The molecule has 2 amide bonds. The van der Waals surface area contributed by atoms with Gasteiger partial charge in [-0.3, -0.25) is 9.59 Å². The van der Waals surface area contributed by atoms with Gasteiger partial charge in [0.2, 0.25) is 6.41 Å². The second-order valence-corrected chi connectivity index (χ2v) is 7.40. The molecule has 8 heteroatoms. The van der Waals surface area contributed by atoms with Gasteiger partial charge in [-0.05, 0) is 42.8 Å². The van der Waals surface area contributed by atoms with Crippen molar-refractivity contribution >= 4 is 23.4 Å². The van der Waals surface area contributed by atoms with Gasteiger partial charge in [0.05, 0.1) is 5.56 Å². The van der Waals surface area contributed by atoms with Gasteiger partial charge in [0.1, 0.15) is 17.3 Å². The van der Waals surface area contributed by atoms with E-state index >= 15 is 0 Å². The van der Waals surface area contributed by atoms with Crippen molar-refractivity contribution < 1.29 is 18.4 Å². The predicted molar refractivity (Wildman–Crippen MR) is 122 cm³/mol. The molecule has 0 saturated heterocycles. The maximum atomic E-state index is 14.6. The van der Waals surface area contributed by atoms with Gasteiger partial charge < -0.3 is 15.6 Å².